The van der Waals surface area contributed by atoms with E-state index in [1.54, 1.807) is 6.92 Å². The summed E-state index contributed by atoms with van der Waals surface area (Å²) in [7, 11) is -10.5. The van der Waals surface area contributed by atoms with Gasteiger partial charge >= 0.3 is 0 Å². The number of nitro groups is 2. The molecule has 0 spiro atoms. The van der Waals surface area contributed by atoms with Crippen molar-refractivity contribution in [2.45, 2.75) is 16.7 Å². The average molecular weight is 538 g/mol. The Bertz CT molecular complexity index is 1500. The first kappa shape index (κ1) is 25.8. The van der Waals surface area contributed by atoms with Crippen molar-refractivity contribution in [1.82, 2.24) is 0 Å². The molecule has 3 aromatic carbocycles. The summed E-state index contributed by atoms with van der Waals surface area (Å²) in [6.07, 6.45) is 0. The van der Waals surface area contributed by atoms with E-state index in [9.17, 15) is 37.1 Å². The molecular formula is C21H16ClN3O8S2. The lowest BCUT2D eigenvalue weighted by molar-refractivity contribution is -0.388. The van der Waals surface area contributed by atoms with Gasteiger partial charge < -0.3 is 0 Å². The van der Waals surface area contributed by atoms with Crippen molar-refractivity contribution in [2.24, 2.45) is 0 Å². The van der Waals surface area contributed by atoms with Crippen LogP contribution in [0.15, 0.2) is 83.1 Å². The van der Waals surface area contributed by atoms with Crippen LogP contribution in [-0.4, -0.2) is 26.7 Å². The third-order valence-electron chi connectivity index (χ3n) is 4.74. The van der Waals surface area contributed by atoms with Crippen LogP contribution in [0.3, 0.4) is 0 Å². The van der Waals surface area contributed by atoms with Crippen molar-refractivity contribution >= 4 is 54.3 Å². The average Bonchev–Trinajstić information content (AvgIpc) is 2.78. The number of sulfonamides is 2. The van der Waals surface area contributed by atoms with Crippen LogP contribution in [-0.2, 0) is 20.0 Å². The minimum atomic E-state index is -5.23. The molecule has 0 saturated heterocycles. The minimum Gasteiger partial charge on any atom is -0.258 e. The number of rotatable bonds is 8. The molecule has 0 aliphatic carbocycles. The van der Waals surface area contributed by atoms with Gasteiger partial charge in [0, 0.05) is 12.1 Å². The Morgan fingerprint density at radius 1 is 0.829 bits per heavy atom. The molecule has 0 aliphatic heterocycles. The molecule has 0 heterocycles. The molecule has 182 valence electrons. The Hall–Kier alpha value is -3.81. The lowest BCUT2D eigenvalue weighted by atomic mass is 10.1. The third-order valence-corrected chi connectivity index (χ3v) is 9.33. The van der Waals surface area contributed by atoms with Gasteiger partial charge in [-0.1, -0.05) is 48.5 Å². The predicted octanol–water partition coefficient (Wildman–Crippen LogP) is 4.77. The van der Waals surface area contributed by atoms with Gasteiger partial charge in [0.2, 0.25) is 0 Å². The summed E-state index contributed by atoms with van der Waals surface area (Å²) < 4.78 is 54.7. The van der Waals surface area contributed by atoms with E-state index in [4.69, 9.17) is 11.6 Å². The van der Waals surface area contributed by atoms with E-state index in [0.717, 1.165) is 36.4 Å². The molecule has 0 radical (unpaired) electrons. The first-order chi connectivity index (χ1) is 16.3. The molecule has 0 unspecified atom stereocenters. The molecule has 3 aromatic rings. The minimum absolute atomic E-state index is 0.0597. The number of nitrogens with zero attached hydrogens (tertiary/aromatic N) is 3. The molecule has 0 bridgehead atoms. The van der Waals surface area contributed by atoms with Gasteiger partial charge in [-0.2, -0.15) is 20.5 Å². The third kappa shape index (κ3) is 4.73. The van der Waals surface area contributed by atoms with E-state index < -0.39 is 56.7 Å². The highest BCUT2D eigenvalue weighted by atomic mass is 35.5. The number of hydrogen-bond acceptors (Lipinski definition) is 8. The fraction of sp³-hybridized carbons (Fsp3) is 0.0476. The lowest BCUT2D eigenvalue weighted by Crippen LogP contribution is -2.37. The first-order valence-electron chi connectivity index (χ1n) is 9.53. The summed E-state index contributed by atoms with van der Waals surface area (Å²) in [5, 5.41) is 23.0. The first-order valence-corrected chi connectivity index (χ1v) is 12.8. The maximum absolute atomic E-state index is 13.7. The molecule has 0 atom stereocenters. The SMILES string of the molecule is C=C(C)c1ccc(N(S(=O)(=O)c2ccccc2[N+](=O)[O-])S(=O)(=O)c2ccccc2[N+](=O)[O-])cc1Cl. The standard InChI is InChI=1S/C21H16ClN3O8S2/c1-14(2)16-12-11-15(13-17(16)22)25(34(30,31)20-9-5-3-7-18(20)23(26)27)35(32,33)21-10-6-4-8-19(21)24(28)29/h3-13H,1H2,2H3. The van der Waals surface area contributed by atoms with Crippen LogP contribution >= 0.6 is 11.6 Å². The second-order valence-electron chi connectivity index (χ2n) is 7.10. The summed E-state index contributed by atoms with van der Waals surface area (Å²) in [5.41, 5.74) is -1.41. The second kappa shape index (κ2) is 9.44. The number of benzene rings is 3. The van der Waals surface area contributed by atoms with Gasteiger partial charge in [-0.25, -0.2) is 0 Å². The van der Waals surface area contributed by atoms with Crippen LogP contribution in [0.4, 0.5) is 17.1 Å². The molecule has 0 aliphatic rings. The van der Waals surface area contributed by atoms with E-state index in [1.807, 2.05) is 0 Å². The van der Waals surface area contributed by atoms with E-state index in [1.165, 1.54) is 30.3 Å². The molecule has 3 rings (SSSR count). The summed E-state index contributed by atoms with van der Waals surface area (Å²) in [4.78, 5) is 19.2. The van der Waals surface area contributed by atoms with E-state index in [-0.39, 0.29) is 8.73 Å². The largest absolute Gasteiger partial charge is 0.289 e. The second-order valence-corrected chi connectivity index (χ2v) is 11.2. The number of hydrogen-bond donors (Lipinski definition) is 0. The van der Waals surface area contributed by atoms with Crippen LogP contribution in [0.25, 0.3) is 5.57 Å². The number of allylic oxidation sites excluding steroid dienone is 1. The van der Waals surface area contributed by atoms with Crippen molar-refractivity contribution in [3.63, 3.8) is 0 Å². The molecule has 35 heavy (non-hydrogen) atoms. The van der Waals surface area contributed by atoms with Gasteiger partial charge in [0.25, 0.3) is 31.4 Å². The van der Waals surface area contributed by atoms with Gasteiger partial charge in [-0.05, 0) is 42.3 Å². The molecule has 0 fully saturated rings. The van der Waals surface area contributed by atoms with Crippen LogP contribution in [0, 0.1) is 20.2 Å². The van der Waals surface area contributed by atoms with E-state index >= 15 is 0 Å². The van der Waals surface area contributed by atoms with Gasteiger partial charge in [0.1, 0.15) is 0 Å². The highest BCUT2D eigenvalue weighted by Crippen LogP contribution is 2.38. The predicted molar refractivity (Wildman–Crippen MR) is 129 cm³/mol. The molecular weight excluding hydrogens is 522 g/mol. The maximum Gasteiger partial charge on any atom is 0.289 e. The normalized spacial score (nSPS) is 11.6. The van der Waals surface area contributed by atoms with Crippen molar-refractivity contribution < 1.29 is 26.7 Å². The smallest absolute Gasteiger partial charge is 0.258 e. The van der Waals surface area contributed by atoms with Crippen molar-refractivity contribution in [3.8, 4) is 0 Å². The summed E-state index contributed by atoms with van der Waals surface area (Å²) >= 11 is 6.23. The van der Waals surface area contributed by atoms with E-state index in [2.05, 4.69) is 6.58 Å². The Balaban J connectivity index is 2.42. The summed E-state index contributed by atoms with van der Waals surface area (Å²) in [6, 6.07) is 11.7. The van der Waals surface area contributed by atoms with Crippen molar-refractivity contribution in [1.29, 1.82) is 0 Å². The van der Waals surface area contributed by atoms with Crippen LogP contribution in [0.1, 0.15) is 12.5 Å². The molecule has 0 saturated carbocycles. The Morgan fingerprint density at radius 2 is 1.26 bits per heavy atom. The van der Waals surface area contributed by atoms with Gasteiger partial charge in [0.15, 0.2) is 9.79 Å². The number of nitro benzene ring substituents is 2. The topological polar surface area (TPSA) is 158 Å². The lowest BCUT2D eigenvalue weighted by Gasteiger charge is -2.24. The highest BCUT2D eigenvalue weighted by Gasteiger charge is 2.43. The van der Waals surface area contributed by atoms with Gasteiger partial charge in [-0.15, -0.1) is 0 Å². The number of para-hydroxylation sites is 2. The zero-order valence-corrected chi connectivity index (χ0v) is 20.2. The van der Waals surface area contributed by atoms with Crippen molar-refractivity contribution in [3.05, 3.63) is 104 Å². The summed E-state index contributed by atoms with van der Waals surface area (Å²) in [6.45, 7) is 5.35. The maximum atomic E-state index is 13.7. The summed E-state index contributed by atoms with van der Waals surface area (Å²) in [5.74, 6) is 0. The zero-order valence-electron chi connectivity index (χ0n) is 17.9. The van der Waals surface area contributed by atoms with Crippen LogP contribution < -0.4 is 3.71 Å². The quantitative estimate of drug-likeness (QED) is 0.293. The fourth-order valence-electron chi connectivity index (χ4n) is 3.20. The highest BCUT2D eigenvalue weighted by molar-refractivity contribution is 8.10. The van der Waals surface area contributed by atoms with E-state index in [0.29, 0.717) is 11.1 Å². The van der Waals surface area contributed by atoms with Crippen LogP contribution in [0.2, 0.25) is 5.02 Å². The Kier molecular flexibility index (Phi) is 6.96. The molecule has 0 N–H and O–H groups in total. The number of halogens is 1. The molecule has 11 nitrogen and oxygen atoms in total. The van der Waals surface area contributed by atoms with Crippen molar-refractivity contribution in [2.75, 3.05) is 3.71 Å². The molecule has 14 heteroatoms. The number of anilines is 1. The Morgan fingerprint density at radius 3 is 1.63 bits per heavy atom. The molecule has 0 amide bonds. The Labute approximate surface area is 205 Å². The van der Waals surface area contributed by atoms with Crippen LogP contribution in [0.5, 0.6) is 0 Å². The monoisotopic (exact) mass is 537 g/mol. The molecule has 0 aromatic heterocycles. The van der Waals surface area contributed by atoms with Gasteiger partial charge in [-0.3, -0.25) is 20.2 Å². The zero-order chi connectivity index (χ0) is 26.1. The van der Waals surface area contributed by atoms with Gasteiger partial charge in [0.05, 0.1) is 20.6 Å². The fourth-order valence-corrected chi connectivity index (χ4v) is 7.51.